The summed E-state index contributed by atoms with van der Waals surface area (Å²) in [5.74, 6) is -1.06. The van der Waals surface area contributed by atoms with Crippen LogP contribution in [-0.4, -0.2) is 31.1 Å². The summed E-state index contributed by atoms with van der Waals surface area (Å²) in [6, 6.07) is 16.7. The first-order valence-electron chi connectivity index (χ1n) is 10.7. The number of nitrogens with two attached hydrogens (primary N) is 1. The second-order valence-corrected chi connectivity index (χ2v) is 7.63. The summed E-state index contributed by atoms with van der Waals surface area (Å²) in [6.45, 7) is 3.63. The number of pyridine rings is 1. The number of benzene rings is 3. The lowest BCUT2D eigenvalue weighted by Crippen LogP contribution is -2.05. The molecule has 8 heteroatoms. The van der Waals surface area contributed by atoms with Crippen LogP contribution < -0.4 is 11.1 Å². The topological polar surface area (TPSA) is 104 Å². The Morgan fingerprint density at radius 1 is 0.861 bits per heavy atom. The zero-order chi connectivity index (χ0) is 25.5. The fraction of sp³-hybridized carbons (Fsp3) is 0.179. The van der Waals surface area contributed by atoms with E-state index in [2.05, 4.69) is 15.0 Å². The smallest absolute Gasteiger partial charge is 0.338 e. The van der Waals surface area contributed by atoms with E-state index in [4.69, 9.17) is 10.5 Å². The molecule has 0 atom stereocenters. The Morgan fingerprint density at radius 2 is 1.47 bits per heavy atom. The Hall–Kier alpha value is -4.46. The number of nitrogens with zero attached hydrogens (tertiary/aromatic N) is 1. The maximum Gasteiger partial charge on any atom is 0.338 e. The Morgan fingerprint density at radius 3 is 2.11 bits per heavy atom. The van der Waals surface area contributed by atoms with Gasteiger partial charge in [0.05, 0.1) is 30.9 Å². The van der Waals surface area contributed by atoms with Crippen LogP contribution in [0.1, 0.15) is 39.3 Å². The summed E-state index contributed by atoms with van der Waals surface area (Å²) in [6.07, 6.45) is 1.65. The fourth-order valence-electron chi connectivity index (χ4n) is 3.46. The first kappa shape index (κ1) is 27.8. The average Bonchev–Trinajstić information content (AvgIpc) is 2.86. The highest BCUT2D eigenvalue weighted by molar-refractivity contribution is 5.96. The first-order valence-corrected chi connectivity index (χ1v) is 10.7. The van der Waals surface area contributed by atoms with Crippen LogP contribution in [0.25, 0.3) is 10.9 Å². The average molecular weight is 492 g/mol. The minimum atomic E-state index is -0.392. The van der Waals surface area contributed by atoms with Crippen LogP contribution in [0.3, 0.4) is 0 Å². The highest BCUT2D eigenvalue weighted by Gasteiger charge is 2.13. The van der Waals surface area contributed by atoms with Gasteiger partial charge in [-0.25, -0.2) is 14.0 Å². The third-order valence-electron chi connectivity index (χ3n) is 5.49. The number of hydrogen-bond donors (Lipinski definition) is 2. The van der Waals surface area contributed by atoms with Crippen molar-refractivity contribution in [2.24, 2.45) is 0 Å². The lowest BCUT2D eigenvalue weighted by molar-refractivity contribution is 0.0591. The van der Waals surface area contributed by atoms with E-state index in [1.807, 2.05) is 13.0 Å². The van der Waals surface area contributed by atoms with Crippen molar-refractivity contribution in [2.75, 3.05) is 25.3 Å². The molecule has 36 heavy (non-hydrogen) atoms. The van der Waals surface area contributed by atoms with E-state index >= 15 is 0 Å². The van der Waals surface area contributed by atoms with Gasteiger partial charge in [-0.3, -0.25) is 4.98 Å². The standard InChI is InChI=1S/C18H15FN2O2.C9H11NO2.CH4/c1-11-13(18(22)23-2)4-3-5-15(11)21-17-8-9-20-16-7-6-12(19)10-14(16)17;1-6-7(9(11)12-2)4-3-5-8(6)10;/h3-10H,1-2H3,(H,20,21);3-5H,10H2,1-2H3;1H4. The number of aromatic nitrogens is 1. The van der Waals surface area contributed by atoms with Gasteiger partial charge in [0.1, 0.15) is 5.82 Å². The van der Waals surface area contributed by atoms with Crippen LogP contribution >= 0.6 is 0 Å². The number of rotatable bonds is 4. The van der Waals surface area contributed by atoms with Gasteiger partial charge in [0.2, 0.25) is 0 Å². The number of ether oxygens (including phenoxy) is 2. The van der Waals surface area contributed by atoms with Gasteiger partial charge in [0.15, 0.2) is 0 Å². The van der Waals surface area contributed by atoms with Crippen molar-refractivity contribution in [3.63, 3.8) is 0 Å². The molecule has 0 amide bonds. The zero-order valence-corrected chi connectivity index (χ0v) is 19.9. The summed E-state index contributed by atoms with van der Waals surface area (Å²) in [5.41, 5.74) is 10.9. The third kappa shape index (κ3) is 6.15. The molecule has 3 N–H and O–H groups in total. The summed E-state index contributed by atoms with van der Waals surface area (Å²) in [4.78, 5) is 27.1. The molecule has 0 radical (unpaired) electrons. The summed E-state index contributed by atoms with van der Waals surface area (Å²) < 4.78 is 22.9. The van der Waals surface area contributed by atoms with Crippen LogP contribution in [0.2, 0.25) is 0 Å². The lowest BCUT2D eigenvalue weighted by Gasteiger charge is -2.14. The molecule has 1 heterocycles. The molecule has 7 nitrogen and oxygen atoms in total. The number of halogens is 1. The van der Waals surface area contributed by atoms with E-state index in [9.17, 15) is 14.0 Å². The molecular weight excluding hydrogens is 461 g/mol. The normalized spacial score (nSPS) is 9.92. The van der Waals surface area contributed by atoms with Crippen LogP contribution in [0.4, 0.5) is 21.5 Å². The van der Waals surface area contributed by atoms with E-state index in [0.717, 1.165) is 22.5 Å². The molecule has 0 saturated heterocycles. The number of anilines is 3. The lowest BCUT2D eigenvalue weighted by atomic mass is 10.1. The van der Waals surface area contributed by atoms with Gasteiger partial charge in [-0.1, -0.05) is 19.6 Å². The molecular formula is C28H30FN3O4. The van der Waals surface area contributed by atoms with Crippen molar-refractivity contribution in [3.05, 3.63) is 94.9 Å². The van der Waals surface area contributed by atoms with E-state index in [0.29, 0.717) is 27.7 Å². The largest absolute Gasteiger partial charge is 0.465 e. The third-order valence-corrected chi connectivity index (χ3v) is 5.49. The number of fused-ring (bicyclic) bond motifs is 1. The predicted octanol–water partition coefficient (Wildman–Crippen LogP) is 6.21. The number of carbonyl (C=O) groups excluding carboxylic acids is 2. The summed E-state index contributed by atoms with van der Waals surface area (Å²) in [7, 11) is 2.70. The van der Waals surface area contributed by atoms with Crippen LogP contribution in [0, 0.1) is 19.7 Å². The number of hydrogen-bond acceptors (Lipinski definition) is 7. The number of methoxy groups -OCH3 is 2. The van der Waals surface area contributed by atoms with Gasteiger partial charge in [-0.2, -0.15) is 0 Å². The summed E-state index contributed by atoms with van der Waals surface area (Å²) >= 11 is 0. The van der Waals surface area contributed by atoms with Crippen molar-refractivity contribution in [1.82, 2.24) is 4.98 Å². The molecule has 1 aromatic heterocycles. The molecule has 0 aliphatic rings. The molecule has 4 aromatic rings. The molecule has 0 aliphatic carbocycles. The number of esters is 2. The quantitative estimate of drug-likeness (QED) is 0.258. The Bertz CT molecular complexity index is 1390. The fourth-order valence-corrected chi connectivity index (χ4v) is 3.46. The van der Waals surface area contributed by atoms with Crippen LogP contribution in [-0.2, 0) is 9.47 Å². The van der Waals surface area contributed by atoms with Crippen molar-refractivity contribution < 1.29 is 23.5 Å². The molecule has 0 bridgehead atoms. The molecule has 3 aromatic carbocycles. The minimum absolute atomic E-state index is 0. The minimum Gasteiger partial charge on any atom is -0.465 e. The van der Waals surface area contributed by atoms with Gasteiger partial charge in [-0.15, -0.1) is 0 Å². The van der Waals surface area contributed by atoms with Crippen molar-refractivity contribution in [3.8, 4) is 0 Å². The van der Waals surface area contributed by atoms with Gasteiger partial charge in [0, 0.05) is 28.6 Å². The Kier molecular flexibility index (Phi) is 9.50. The Balaban J connectivity index is 0.000000299. The number of carbonyl (C=O) groups is 2. The molecule has 0 unspecified atom stereocenters. The molecule has 0 spiro atoms. The van der Waals surface area contributed by atoms with Crippen molar-refractivity contribution >= 4 is 39.9 Å². The van der Waals surface area contributed by atoms with Crippen LogP contribution in [0.15, 0.2) is 66.9 Å². The molecule has 0 fully saturated rings. The van der Waals surface area contributed by atoms with Gasteiger partial charge < -0.3 is 20.5 Å². The molecule has 0 saturated carbocycles. The van der Waals surface area contributed by atoms with Crippen LogP contribution in [0.5, 0.6) is 0 Å². The maximum absolute atomic E-state index is 13.5. The van der Waals surface area contributed by atoms with Gasteiger partial charge in [0.25, 0.3) is 0 Å². The van der Waals surface area contributed by atoms with Gasteiger partial charge >= 0.3 is 11.9 Å². The van der Waals surface area contributed by atoms with Crippen molar-refractivity contribution in [2.45, 2.75) is 21.3 Å². The van der Waals surface area contributed by atoms with Crippen molar-refractivity contribution in [1.29, 1.82) is 0 Å². The second-order valence-electron chi connectivity index (χ2n) is 7.63. The SMILES string of the molecule is C.COC(=O)c1cccc(N)c1C.COC(=O)c1cccc(Nc2ccnc3ccc(F)cc23)c1C. The predicted molar refractivity (Wildman–Crippen MR) is 141 cm³/mol. The van der Waals surface area contributed by atoms with E-state index in [-0.39, 0.29) is 19.2 Å². The highest BCUT2D eigenvalue weighted by Crippen LogP contribution is 2.28. The summed E-state index contributed by atoms with van der Waals surface area (Å²) in [5, 5.41) is 3.92. The van der Waals surface area contributed by atoms with E-state index < -0.39 is 5.97 Å². The monoisotopic (exact) mass is 491 g/mol. The maximum atomic E-state index is 13.5. The molecule has 0 aliphatic heterocycles. The molecule has 4 rings (SSSR count). The van der Waals surface area contributed by atoms with E-state index in [1.165, 1.54) is 26.4 Å². The molecule has 188 valence electrons. The number of nitrogen functional groups attached to an aromatic ring is 1. The van der Waals surface area contributed by atoms with E-state index in [1.54, 1.807) is 55.6 Å². The highest BCUT2D eigenvalue weighted by atomic mass is 19.1. The second kappa shape index (κ2) is 12.3. The number of nitrogens with one attached hydrogen (secondary N) is 1. The Labute approximate surface area is 210 Å². The zero-order valence-electron chi connectivity index (χ0n) is 19.9. The van der Waals surface area contributed by atoms with Gasteiger partial charge in [-0.05, 0) is 73.5 Å². The first-order chi connectivity index (χ1) is 16.8.